The Morgan fingerprint density at radius 2 is 1.64 bits per heavy atom. The number of benzene rings is 1. The molecule has 1 amide bonds. The van der Waals surface area contributed by atoms with Crippen LogP contribution in [0.15, 0.2) is 36.7 Å². The topological polar surface area (TPSA) is 61.4 Å². The first kappa shape index (κ1) is 18.7. The molecule has 4 rings (SSSR count). The fourth-order valence-corrected chi connectivity index (χ4v) is 3.94. The Kier molecular flexibility index (Phi) is 5.74. The number of aromatic nitrogens is 2. The summed E-state index contributed by atoms with van der Waals surface area (Å²) in [4.78, 5) is 25.9. The average molecular weight is 380 g/mol. The highest BCUT2D eigenvalue weighted by molar-refractivity contribution is 6.02. The summed E-state index contributed by atoms with van der Waals surface area (Å²) in [5.41, 5.74) is 2.34. The Labute approximate surface area is 167 Å². The Hall–Kier alpha value is -2.63. The lowest BCUT2D eigenvalue weighted by Gasteiger charge is -2.30. The maximum atomic E-state index is 12.5. The first-order valence-corrected chi connectivity index (χ1v) is 10.4. The van der Waals surface area contributed by atoms with Crippen molar-refractivity contribution in [3.05, 3.63) is 42.4 Å². The van der Waals surface area contributed by atoms with E-state index in [9.17, 15) is 4.79 Å². The van der Waals surface area contributed by atoms with E-state index in [1.54, 1.807) is 12.4 Å². The maximum Gasteiger partial charge on any atom is 0.275 e. The van der Waals surface area contributed by atoms with Crippen molar-refractivity contribution in [3.63, 3.8) is 0 Å². The van der Waals surface area contributed by atoms with Crippen molar-refractivity contribution in [2.75, 3.05) is 41.3 Å². The highest BCUT2D eigenvalue weighted by Gasteiger charge is 2.18. The van der Waals surface area contributed by atoms with Gasteiger partial charge in [0.15, 0.2) is 0 Å². The van der Waals surface area contributed by atoms with Crippen molar-refractivity contribution in [3.8, 4) is 0 Å². The van der Waals surface area contributed by atoms with E-state index in [2.05, 4.69) is 44.1 Å². The molecule has 0 saturated carbocycles. The van der Waals surface area contributed by atoms with Gasteiger partial charge in [-0.1, -0.05) is 6.92 Å². The van der Waals surface area contributed by atoms with Crippen LogP contribution in [0.5, 0.6) is 0 Å². The molecule has 1 aromatic heterocycles. The highest BCUT2D eigenvalue weighted by Crippen LogP contribution is 2.23. The summed E-state index contributed by atoms with van der Waals surface area (Å²) in [5, 5.41) is 2.92. The van der Waals surface area contributed by atoms with E-state index in [1.165, 1.54) is 37.8 Å². The second-order valence-electron chi connectivity index (χ2n) is 7.98. The van der Waals surface area contributed by atoms with Crippen molar-refractivity contribution in [1.29, 1.82) is 0 Å². The van der Waals surface area contributed by atoms with Crippen LogP contribution in [-0.2, 0) is 0 Å². The number of rotatable bonds is 4. The molecule has 0 bridgehead atoms. The molecule has 2 aliphatic rings. The molecule has 2 aliphatic heterocycles. The van der Waals surface area contributed by atoms with Crippen molar-refractivity contribution in [2.45, 2.75) is 39.0 Å². The summed E-state index contributed by atoms with van der Waals surface area (Å²) in [6.07, 6.45) is 9.47. The van der Waals surface area contributed by atoms with Gasteiger partial charge in [0, 0.05) is 37.6 Å². The number of nitrogens with zero attached hydrogens (tertiary/aromatic N) is 4. The van der Waals surface area contributed by atoms with Gasteiger partial charge in [-0.2, -0.15) is 0 Å². The number of nitrogens with one attached hydrogen (secondary N) is 1. The van der Waals surface area contributed by atoms with Crippen LogP contribution >= 0.6 is 0 Å². The lowest BCUT2D eigenvalue weighted by molar-refractivity contribution is 0.102. The number of anilines is 3. The molecule has 6 nitrogen and oxygen atoms in total. The van der Waals surface area contributed by atoms with Gasteiger partial charge in [-0.15, -0.1) is 0 Å². The van der Waals surface area contributed by atoms with Crippen LogP contribution in [0.4, 0.5) is 17.2 Å². The quantitative estimate of drug-likeness (QED) is 0.871. The lowest BCUT2D eigenvalue weighted by Crippen LogP contribution is -2.33. The van der Waals surface area contributed by atoms with E-state index in [0.717, 1.165) is 43.6 Å². The molecule has 0 unspecified atom stereocenters. The van der Waals surface area contributed by atoms with E-state index in [4.69, 9.17) is 0 Å². The second kappa shape index (κ2) is 8.59. The summed E-state index contributed by atoms with van der Waals surface area (Å²) in [6, 6.07) is 8.07. The number of hydrogen-bond donors (Lipinski definition) is 1. The van der Waals surface area contributed by atoms with Gasteiger partial charge in [-0.25, -0.2) is 9.97 Å². The molecule has 6 heteroatoms. The number of carbonyl (C=O) groups is 1. The Balaban J connectivity index is 1.35. The van der Waals surface area contributed by atoms with Gasteiger partial charge < -0.3 is 15.1 Å². The molecule has 0 radical (unpaired) electrons. The minimum atomic E-state index is -0.225. The van der Waals surface area contributed by atoms with Crippen LogP contribution in [0.25, 0.3) is 0 Å². The first-order chi connectivity index (χ1) is 13.7. The molecule has 2 saturated heterocycles. The molecule has 0 atom stereocenters. The number of amides is 1. The van der Waals surface area contributed by atoms with Gasteiger partial charge in [-0.05, 0) is 62.3 Å². The molecule has 2 aromatic rings. The molecule has 2 fully saturated rings. The Morgan fingerprint density at radius 1 is 0.929 bits per heavy atom. The van der Waals surface area contributed by atoms with E-state index in [-0.39, 0.29) is 5.91 Å². The monoisotopic (exact) mass is 379 g/mol. The van der Waals surface area contributed by atoms with Crippen molar-refractivity contribution >= 4 is 23.1 Å². The second-order valence-corrected chi connectivity index (χ2v) is 7.98. The predicted molar refractivity (Wildman–Crippen MR) is 113 cm³/mol. The van der Waals surface area contributed by atoms with E-state index in [0.29, 0.717) is 5.69 Å². The van der Waals surface area contributed by atoms with Crippen molar-refractivity contribution < 1.29 is 4.79 Å². The van der Waals surface area contributed by atoms with Gasteiger partial charge in [0.25, 0.3) is 5.91 Å². The largest absolute Gasteiger partial charge is 0.372 e. The normalized spacial score (nSPS) is 18.2. The van der Waals surface area contributed by atoms with Crippen LogP contribution in [-0.4, -0.2) is 42.1 Å². The molecule has 1 aromatic carbocycles. The third-order valence-corrected chi connectivity index (χ3v) is 5.82. The molecule has 3 heterocycles. The summed E-state index contributed by atoms with van der Waals surface area (Å²) in [7, 11) is 0. The lowest BCUT2D eigenvalue weighted by atomic mass is 9.99. The third kappa shape index (κ3) is 4.43. The highest BCUT2D eigenvalue weighted by atomic mass is 16.1. The fraction of sp³-hybridized carbons (Fsp3) is 0.500. The van der Waals surface area contributed by atoms with Gasteiger partial charge in [0.05, 0.1) is 12.4 Å². The average Bonchev–Trinajstić information content (AvgIpc) is 2.75. The first-order valence-electron chi connectivity index (χ1n) is 10.4. The van der Waals surface area contributed by atoms with E-state index in [1.807, 2.05) is 12.1 Å². The molecule has 148 valence electrons. The minimum Gasteiger partial charge on any atom is -0.372 e. The zero-order chi connectivity index (χ0) is 19.3. The van der Waals surface area contributed by atoms with Crippen LogP contribution in [0.2, 0.25) is 0 Å². The Bertz CT molecular complexity index is 776. The SMILES string of the molecule is CC1CCN(c2cnc(C(=O)Nc3ccc(N4CCCCC4)cc3)cn2)CC1. The number of hydrogen-bond acceptors (Lipinski definition) is 5. The fourth-order valence-electron chi connectivity index (χ4n) is 3.94. The molecule has 1 N–H and O–H groups in total. The third-order valence-electron chi connectivity index (χ3n) is 5.82. The van der Waals surface area contributed by atoms with Crippen LogP contribution in [0.1, 0.15) is 49.5 Å². The number of carbonyl (C=O) groups excluding carboxylic acids is 1. The van der Waals surface area contributed by atoms with E-state index >= 15 is 0 Å². The molecule has 0 aliphatic carbocycles. The van der Waals surface area contributed by atoms with Gasteiger partial charge in [0.1, 0.15) is 11.5 Å². The molecular formula is C22H29N5O. The summed E-state index contributed by atoms with van der Waals surface area (Å²) < 4.78 is 0. The summed E-state index contributed by atoms with van der Waals surface area (Å²) in [6.45, 7) is 6.53. The van der Waals surface area contributed by atoms with Crippen LogP contribution in [0, 0.1) is 5.92 Å². The van der Waals surface area contributed by atoms with Crippen molar-refractivity contribution in [1.82, 2.24) is 9.97 Å². The van der Waals surface area contributed by atoms with Crippen LogP contribution < -0.4 is 15.1 Å². The standard InChI is InChI=1S/C22H29N5O/c1-17-9-13-27(14-10-17)21-16-23-20(15-24-21)22(28)25-18-5-7-19(8-6-18)26-11-3-2-4-12-26/h5-8,15-17H,2-4,9-14H2,1H3,(H,25,28). The summed E-state index contributed by atoms with van der Waals surface area (Å²) in [5.74, 6) is 1.40. The molecule has 0 spiro atoms. The maximum absolute atomic E-state index is 12.5. The zero-order valence-electron chi connectivity index (χ0n) is 16.6. The minimum absolute atomic E-state index is 0.225. The molecule has 28 heavy (non-hydrogen) atoms. The van der Waals surface area contributed by atoms with Gasteiger partial charge in [0.2, 0.25) is 0 Å². The van der Waals surface area contributed by atoms with E-state index < -0.39 is 0 Å². The zero-order valence-corrected chi connectivity index (χ0v) is 16.6. The predicted octanol–water partition coefficient (Wildman–Crippen LogP) is 3.96. The van der Waals surface area contributed by atoms with Gasteiger partial charge in [-0.3, -0.25) is 4.79 Å². The van der Waals surface area contributed by atoms with Gasteiger partial charge >= 0.3 is 0 Å². The smallest absolute Gasteiger partial charge is 0.275 e. The summed E-state index contributed by atoms with van der Waals surface area (Å²) >= 11 is 0. The van der Waals surface area contributed by atoms with Crippen LogP contribution in [0.3, 0.4) is 0 Å². The number of piperidine rings is 2. The molecular weight excluding hydrogens is 350 g/mol. The van der Waals surface area contributed by atoms with Crippen molar-refractivity contribution in [2.24, 2.45) is 5.92 Å². The Morgan fingerprint density at radius 3 is 2.29 bits per heavy atom.